The molecule has 0 radical (unpaired) electrons. The SMILES string of the molecule is C[C@H]1CN(Cc2c(Cl)cccc2N2CCOCC2)CCN1S(C)(=O)=O. The summed E-state index contributed by atoms with van der Waals surface area (Å²) < 4.78 is 30.7. The number of anilines is 1. The molecule has 6 nitrogen and oxygen atoms in total. The van der Waals surface area contributed by atoms with Crippen molar-refractivity contribution in [2.45, 2.75) is 19.5 Å². The molecule has 0 unspecified atom stereocenters. The molecule has 140 valence electrons. The molecule has 2 aliphatic heterocycles. The van der Waals surface area contributed by atoms with Gasteiger partial charge in [-0.2, -0.15) is 4.31 Å². The van der Waals surface area contributed by atoms with Crippen molar-refractivity contribution in [2.24, 2.45) is 0 Å². The quantitative estimate of drug-likeness (QED) is 0.786. The Morgan fingerprint density at radius 3 is 2.56 bits per heavy atom. The molecule has 0 amide bonds. The van der Waals surface area contributed by atoms with Gasteiger partial charge in [-0.25, -0.2) is 8.42 Å². The van der Waals surface area contributed by atoms with Gasteiger partial charge in [-0.05, 0) is 19.1 Å². The third-order valence-corrected chi connectivity index (χ3v) is 6.65. The molecule has 1 atom stereocenters. The Bertz CT molecular complexity index is 707. The Morgan fingerprint density at radius 2 is 1.92 bits per heavy atom. The van der Waals surface area contributed by atoms with Crippen LogP contribution < -0.4 is 4.90 Å². The first-order chi connectivity index (χ1) is 11.9. The maximum Gasteiger partial charge on any atom is 0.211 e. The number of ether oxygens (including phenoxy) is 1. The summed E-state index contributed by atoms with van der Waals surface area (Å²) in [5.41, 5.74) is 2.28. The van der Waals surface area contributed by atoms with Crippen LogP contribution >= 0.6 is 11.6 Å². The lowest BCUT2D eigenvalue weighted by Crippen LogP contribution is -2.53. The highest BCUT2D eigenvalue weighted by Crippen LogP contribution is 2.30. The van der Waals surface area contributed by atoms with Crippen LogP contribution in [0.1, 0.15) is 12.5 Å². The minimum atomic E-state index is -3.15. The largest absolute Gasteiger partial charge is 0.378 e. The number of halogens is 1. The molecule has 25 heavy (non-hydrogen) atoms. The van der Waals surface area contributed by atoms with E-state index in [1.165, 1.54) is 6.26 Å². The fraction of sp³-hybridized carbons (Fsp3) is 0.647. The lowest BCUT2D eigenvalue weighted by Gasteiger charge is -2.39. The van der Waals surface area contributed by atoms with Gasteiger partial charge in [0.05, 0.1) is 19.5 Å². The third kappa shape index (κ3) is 4.46. The van der Waals surface area contributed by atoms with Crippen molar-refractivity contribution in [1.29, 1.82) is 0 Å². The molecule has 3 rings (SSSR count). The van der Waals surface area contributed by atoms with E-state index < -0.39 is 10.0 Å². The number of hydrogen-bond donors (Lipinski definition) is 0. The molecule has 2 saturated heterocycles. The first-order valence-electron chi connectivity index (χ1n) is 8.65. The molecular weight excluding hydrogens is 362 g/mol. The van der Waals surface area contributed by atoms with Crippen LogP contribution in [0.4, 0.5) is 5.69 Å². The lowest BCUT2D eigenvalue weighted by molar-refractivity contribution is 0.122. The van der Waals surface area contributed by atoms with E-state index in [0.29, 0.717) is 19.6 Å². The Kier molecular flexibility index (Phi) is 5.90. The molecule has 2 fully saturated rings. The van der Waals surface area contributed by atoms with Crippen molar-refractivity contribution in [1.82, 2.24) is 9.21 Å². The Labute approximate surface area is 155 Å². The van der Waals surface area contributed by atoms with Crippen LogP contribution in [0, 0.1) is 0 Å². The molecule has 0 bridgehead atoms. The number of benzene rings is 1. The minimum absolute atomic E-state index is 0.0296. The van der Waals surface area contributed by atoms with Crippen LogP contribution in [-0.4, -0.2) is 75.9 Å². The van der Waals surface area contributed by atoms with Crippen molar-refractivity contribution in [2.75, 3.05) is 57.1 Å². The van der Waals surface area contributed by atoms with E-state index in [-0.39, 0.29) is 6.04 Å². The minimum Gasteiger partial charge on any atom is -0.378 e. The molecule has 1 aromatic carbocycles. The van der Waals surface area contributed by atoms with Gasteiger partial charge in [-0.3, -0.25) is 4.90 Å². The van der Waals surface area contributed by atoms with Gasteiger partial charge in [0, 0.05) is 61.6 Å². The van der Waals surface area contributed by atoms with Gasteiger partial charge in [-0.1, -0.05) is 17.7 Å². The van der Waals surface area contributed by atoms with E-state index in [2.05, 4.69) is 15.9 Å². The summed E-state index contributed by atoms with van der Waals surface area (Å²) in [6.07, 6.45) is 1.28. The summed E-state index contributed by atoms with van der Waals surface area (Å²) in [6.45, 7) is 7.84. The maximum atomic E-state index is 11.8. The van der Waals surface area contributed by atoms with Gasteiger partial charge in [0.1, 0.15) is 0 Å². The summed E-state index contributed by atoms with van der Waals surface area (Å²) in [5.74, 6) is 0. The van der Waals surface area contributed by atoms with Crippen molar-refractivity contribution >= 4 is 27.3 Å². The van der Waals surface area contributed by atoms with Crippen LogP contribution in [0.15, 0.2) is 18.2 Å². The highest BCUT2D eigenvalue weighted by Gasteiger charge is 2.30. The predicted octanol–water partition coefficient (Wildman–Crippen LogP) is 1.64. The summed E-state index contributed by atoms with van der Waals surface area (Å²) in [6, 6.07) is 6.00. The average Bonchev–Trinajstić information content (AvgIpc) is 2.56. The van der Waals surface area contributed by atoms with Gasteiger partial charge in [0.25, 0.3) is 0 Å². The smallest absolute Gasteiger partial charge is 0.211 e. The van der Waals surface area contributed by atoms with Crippen molar-refractivity contribution in [3.05, 3.63) is 28.8 Å². The maximum absolute atomic E-state index is 11.8. The second-order valence-electron chi connectivity index (χ2n) is 6.79. The molecule has 0 saturated carbocycles. The molecule has 0 aromatic heterocycles. The fourth-order valence-electron chi connectivity index (χ4n) is 3.68. The Morgan fingerprint density at radius 1 is 1.20 bits per heavy atom. The van der Waals surface area contributed by atoms with Gasteiger partial charge >= 0.3 is 0 Å². The summed E-state index contributed by atoms with van der Waals surface area (Å²) in [5, 5.41) is 0.766. The van der Waals surface area contributed by atoms with Crippen molar-refractivity contribution in [3.63, 3.8) is 0 Å². The molecular formula is C17H26ClN3O3S. The predicted molar refractivity (Wildman–Crippen MR) is 101 cm³/mol. The third-order valence-electron chi connectivity index (χ3n) is 4.90. The molecule has 2 heterocycles. The molecule has 0 N–H and O–H groups in total. The Hall–Kier alpha value is -0.860. The lowest BCUT2D eigenvalue weighted by atomic mass is 10.1. The number of morpholine rings is 1. The first kappa shape index (κ1) is 18.9. The second-order valence-corrected chi connectivity index (χ2v) is 9.14. The highest BCUT2D eigenvalue weighted by atomic mass is 35.5. The van der Waals surface area contributed by atoms with Gasteiger partial charge in [0.15, 0.2) is 0 Å². The van der Waals surface area contributed by atoms with Crippen LogP contribution in [0.2, 0.25) is 5.02 Å². The summed E-state index contributed by atoms with van der Waals surface area (Å²) in [4.78, 5) is 4.61. The van der Waals surface area contributed by atoms with E-state index in [1.54, 1.807) is 4.31 Å². The Balaban J connectivity index is 1.75. The molecule has 1 aromatic rings. The standard InChI is InChI=1S/C17H26ClN3O3S/c1-14-12-19(6-7-21(14)25(2,22)23)13-15-16(18)4-3-5-17(15)20-8-10-24-11-9-20/h3-5,14H,6-13H2,1-2H3/t14-/m0/s1. The second kappa shape index (κ2) is 7.80. The van der Waals surface area contributed by atoms with E-state index in [1.807, 2.05) is 19.1 Å². The monoisotopic (exact) mass is 387 g/mol. The van der Waals surface area contributed by atoms with Crippen LogP contribution in [0.25, 0.3) is 0 Å². The first-order valence-corrected chi connectivity index (χ1v) is 10.9. The van der Waals surface area contributed by atoms with E-state index in [4.69, 9.17) is 16.3 Å². The van der Waals surface area contributed by atoms with Crippen LogP contribution in [0.3, 0.4) is 0 Å². The number of piperazine rings is 1. The normalized spacial score (nSPS) is 23.8. The summed E-state index contributed by atoms with van der Waals surface area (Å²) in [7, 11) is -3.15. The van der Waals surface area contributed by atoms with Crippen LogP contribution in [0.5, 0.6) is 0 Å². The van der Waals surface area contributed by atoms with Gasteiger partial charge < -0.3 is 9.64 Å². The van der Waals surface area contributed by atoms with Gasteiger partial charge in [-0.15, -0.1) is 0 Å². The fourth-order valence-corrected chi connectivity index (χ4v) is 5.04. The van der Waals surface area contributed by atoms with E-state index >= 15 is 0 Å². The molecule has 0 aliphatic carbocycles. The topological polar surface area (TPSA) is 53.1 Å². The van der Waals surface area contributed by atoms with E-state index in [9.17, 15) is 8.42 Å². The summed E-state index contributed by atoms with van der Waals surface area (Å²) >= 11 is 6.51. The average molecular weight is 388 g/mol. The zero-order valence-electron chi connectivity index (χ0n) is 14.8. The number of nitrogens with zero attached hydrogens (tertiary/aromatic N) is 3. The zero-order chi connectivity index (χ0) is 18.0. The van der Waals surface area contributed by atoms with E-state index in [0.717, 1.165) is 49.1 Å². The molecule has 2 aliphatic rings. The number of rotatable bonds is 4. The number of hydrogen-bond acceptors (Lipinski definition) is 5. The zero-order valence-corrected chi connectivity index (χ0v) is 16.4. The van der Waals surface area contributed by atoms with Crippen LogP contribution in [-0.2, 0) is 21.3 Å². The van der Waals surface area contributed by atoms with Crippen molar-refractivity contribution < 1.29 is 13.2 Å². The van der Waals surface area contributed by atoms with Crippen molar-refractivity contribution in [3.8, 4) is 0 Å². The molecule has 0 spiro atoms. The number of sulfonamides is 1. The molecule has 8 heteroatoms. The van der Waals surface area contributed by atoms with Gasteiger partial charge in [0.2, 0.25) is 10.0 Å². The highest BCUT2D eigenvalue weighted by molar-refractivity contribution is 7.88.